The van der Waals surface area contributed by atoms with Crippen LogP contribution < -0.4 is 0 Å². The van der Waals surface area contributed by atoms with Crippen molar-refractivity contribution in [1.29, 1.82) is 5.26 Å². The summed E-state index contributed by atoms with van der Waals surface area (Å²) in [6.45, 7) is 10.8. The summed E-state index contributed by atoms with van der Waals surface area (Å²) in [5.74, 6) is 0. The third kappa shape index (κ3) is 5.80. The van der Waals surface area contributed by atoms with E-state index >= 15 is 0 Å². The molecule has 0 saturated carbocycles. The van der Waals surface area contributed by atoms with Gasteiger partial charge in [-0.05, 0) is 33.5 Å². The lowest BCUT2D eigenvalue weighted by molar-refractivity contribution is 0.0200. The van der Waals surface area contributed by atoms with Gasteiger partial charge in [-0.15, -0.1) is 0 Å². The molecule has 0 aromatic carbocycles. The van der Waals surface area contributed by atoms with Gasteiger partial charge in [0.25, 0.3) is 0 Å². The van der Waals surface area contributed by atoms with Gasteiger partial charge in [0.1, 0.15) is 0 Å². The van der Waals surface area contributed by atoms with Gasteiger partial charge in [0, 0.05) is 6.61 Å². The van der Waals surface area contributed by atoms with E-state index < -0.39 is 13.9 Å². The van der Waals surface area contributed by atoms with Gasteiger partial charge in [-0.2, -0.15) is 5.26 Å². The first-order valence-electron chi connectivity index (χ1n) is 4.52. The molecule has 0 heterocycles. The molecule has 0 bridgehead atoms. The Balaban J connectivity index is 4.22. The molecule has 1 unspecified atom stereocenters. The van der Waals surface area contributed by atoms with E-state index in [0.29, 0.717) is 13.2 Å². The summed E-state index contributed by atoms with van der Waals surface area (Å²) in [5, 5.41) is 8.94. The molecule has 0 radical (unpaired) electrons. The van der Waals surface area contributed by atoms with E-state index in [-0.39, 0.29) is 0 Å². The summed E-state index contributed by atoms with van der Waals surface area (Å²) >= 11 is 0. The lowest BCUT2D eigenvalue weighted by atomic mass is 10.1. The van der Waals surface area contributed by atoms with Crippen molar-refractivity contribution in [3.63, 3.8) is 0 Å². The van der Waals surface area contributed by atoms with Gasteiger partial charge >= 0.3 is 0 Å². The zero-order valence-corrected chi connectivity index (χ0v) is 10.2. The number of hydrogen-bond donors (Lipinski definition) is 0. The largest absolute Gasteiger partial charge is 0.398 e. The van der Waals surface area contributed by atoms with Gasteiger partial charge in [0.05, 0.1) is 12.7 Å². The molecular formula is C9H19NO2Si. The third-order valence-electron chi connectivity index (χ3n) is 1.35. The maximum absolute atomic E-state index is 8.94. The normalized spacial score (nSPS) is 16.3. The van der Waals surface area contributed by atoms with Gasteiger partial charge in [0.15, 0.2) is 13.9 Å². The van der Waals surface area contributed by atoms with Crippen molar-refractivity contribution in [3.8, 4) is 6.07 Å². The molecule has 0 saturated heterocycles. The Bertz CT molecular complexity index is 195. The minimum absolute atomic E-state index is 0.351. The van der Waals surface area contributed by atoms with Crippen LogP contribution >= 0.6 is 0 Å². The number of rotatable bonds is 5. The van der Waals surface area contributed by atoms with Crippen LogP contribution in [0.1, 0.15) is 13.8 Å². The Morgan fingerprint density at radius 1 is 1.38 bits per heavy atom. The third-order valence-corrected chi connectivity index (χ3v) is 2.41. The molecule has 0 aliphatic carbocycles. The van der Waals surface area contributed by atoms with E-state index in [1.165, 1.54) is 0 Å². The van der Waals surface area contributed by atoms with Crippen LogP contribution in [0.5, 0.6) is 0 Å². The topological polar surface area (TPSA) is 42.2 Å². The average molecular weight is 201 g/mol. The molecule has 0 aliphatic rings. The van der Waals surface area contributed by atoms with Crippen LogP contribution in [0, 0.1) is 11.3 Å². The summed E-state index contributed by atoms with van der Waals surface area (Å²) in [5.41, 5.74) is -0.777. The fourth-order valence-electron chi connectivity index (χ4n) is 1.06. The van der Waals surface area contributed by atoms with Crippen LogP contribution in [-0.2, 0) is 9.16 Å². The zero-order valence-electron chi connectivity index (χ0n) is 9.18. The van der Waals surface area contributed by atoms with E-state index in [1.54, 1.807) is 6.92 Å². The van der Waals surface area contributed by atoms with E-state index in [9.17, 15) is 0 Å². The summed E-state index contributed by atoms with van der Waals surface area (Å²) in [6, 6.07) is 2.16. The van der Waals surface area contributed by atoms with Crippen LogP contribution in [0.2, 0.25) is 19.6 Å². The second-order valence-electron chi connectivity index (χ2n) is 4.19. The molecule has 0 N–H and O–H groups in total. The molecule has 0 aromatic heterocycles. The Morgan fingerprint density at radius 3 is 2.23 bits per heavy atom. The van der Waals surface area contributed by atoms with E-state index in [4.69, 9.17) is 14.4 Å². The Morgan fingerprint density at radius 2 is 1.92 bits per heavy atom. The summed E-state index contributed by atoms with van der Waals surface area (Å²) < 4.78 is 10.9. The highest BCUT2D eigenvalue weighted by molar-refractivity contribution is 6.69. The first-order valence-corrected chi connectivity index (χ1v) is 7.93. The van der Waals surface area contributed by atoms with E-state index in [1.807, 2.05) is 6.92 Å². The van der Waals surface area contributed by atoms with E-state index in [2.05, 4.69) is 25.7 Å². The molecule has 0 aliphatic heterocycles. The fourth-order valence-corrected chi connectivity index (χ4v) is 2.51. The highest BCUT2D eigenvalue weighted by atomic mass is 28.4. The first-order chi connectivity index (χ1) is 5.83. The van der Waals surface area contributed by atoms with Gasteiger partial charge < -0.3 is 9.16 Å². The molecule has 76 valence electrons. The van der Waals surface area contributed by atoms with Crippen LogP contribution in [0.3, 0.4) is 0 Å². The minimum Gasteiger partial charge on any atom is -0.398 e. The van der Waals surface area contributed by atoms with Gasteiger partial charge in [-0.25, -0.2) is 0 Å². The lowest BCUT2D eigenvalue weighted by Crippen LogP contribution is -2.42. The Labute approximate surface area is 81.8 Å². The standard InChI is InChI=1S/C9H19NO2Si/c1-6-11-8-9(2,7-10)12-13(3,4)5/h6,8H2,1-5H3. The Hall–Kier alpha value is -0.373. The molecule has 1 atom stereocenters. The molecule has 0 fully saturated rings. The van der Waals surface area contributed by atoms with Crippen LogP contribution in [0.4, 0.5) is 0 Å². The number of nitriles is 1. The average Bonchev–Trinajstić information content (AvgIpc) is 1.98. The smallest absolute Gasteiger partial charge is 0.186 e. The first kappa shape index (κ1) is 12.6. The van der Waals surface area contributed by atoms with Crippen molar-refractivity contribution in [3.05, 3.63) is 0 Å². The lowest BCUT2D eigenvalue weighted by Gasteiger charge is -2.29. The number of ether oxygens (including phenoxy) is 1. The number of nitrogens with zero attached hydrogens (tertiary/aromatic N) is 1. The predicted octanol–water partition coefficient (Wildman–Crippen LogP) is 2.16. The van der Waals surface area contributed by atoms with Crippen molar-refractivity contribution in [2.24, 2.45) is 0 Å². The molecule has 0 rings (SSSR count). The fraction of sp³-hybridized carbons (Fsp3) is 0.889. The molecule has 0 amide bonds. The van der Waals surface area contributed by atoms with Crippen molar-refractivity contribution in [2.75, 3.05) is 13.2 Å². The maximum atomic E-state index is 8.94. The van der Waals surface area contributed by atoms with Gasteiger partial charge in [-0.1, -0.05) is 0 Å². The summed E-state index contributed by atoms with van der Waals surface area (Å²) in [7, 11) is -1.67. The maximum Gasteiger partial charge on any atom is 0.186 e. The molecule has 0 aromatic rings. The second kappa shape index (κ2) is 4.75. The monoisotopic (exact) mass is 201 g/mol. The molecule has 4 heteroatoms. The predicted molar refractivity (Wildman–Crippen MR) is 54.9 cm³/mol. The van der Waals surface area contributed by atoms with E-state index in [0.717, 1.165) is 0 Å². The van der Waals surface area contributed by atoms with Gasteiger partial charge in [-0.3, -0.25) is 0 Å². The molecule has 13 heavy (non-hydrogen) atoms. The summed E-state index contributed by atoms with van der Waals surface area (Å²) in [6.07, 6.45) is 0. The highest BCUT2D eigenvalue weighted by Gasteiger charge is 2.31. The van der Waals surface area contributed by atoms with Crippen molar-refractivity contribution < 1.29 is 9.16 Å². The van der Waals surface area contributed by atoms with Crippen LogP contribution in [-0.4, -0.2) is 27.1 Å². The van der Waals surface area contributed by atoms with Gasteiger partial charge in [0.2, 0.25) is 0 Å². The van der Waals surface area contributed by atoms with Crippen molar-refractivity contribution in [2.45, 2.75) is 39.1 Å². The van der Waals surface area contributed by atoms with Crippen molar-refractivity contribution >= 4 is 8.32 Å². The summed E-state index contributed by atoms with van der Waals surface area (Å²) in [4.78, 5) is 0. The van der Waals surface area contributed by atoms with Crippen molar-refractivity contribution in [1.82, 2.24) is 0 Å². The second-order valence-corrected chi connectivity index (χ2v) is 8.62. The zero-order chi connectivity index (χ0) is 10.5. The van der Waals surface area contributed by atoms with Crippen LogP contribution in [0.25, 0.3) is 0 Å². The molecular weight excluding hydrogens is 182 g/mol. The quantitative estimate of drug-likeness (QED) is 0.640. The molecule has 0 spiro atoms. The SMILES string of the molecule is CCOCC(C)(C#N)O[Si](C)(C)C. The van der Waals surface area contributed by atoms with Crippen LogP contribution in [0.15, 0.2) is 0 Å². The number of hydrogen-bond acceptors (Lipinski definition) is 3. The highest BCUT2D eigenvalue weighted by Crippen LogP contribution is 2.17. The minimum atomic E-state index is -1.67. The molecule has 3 nitrogen and oxygen atoms in total. The Kier molecular flexibility index (Phi) is 4.61.